The maximum absolute atomic E-state index is 13.0. The molecule has 0 N–H and O–H groups in total. The van der Waals surface area contributed by atoms with Gasteiger partial charge in [0.2, 0.25) is 0 Å². The molecule has 1 atom stereocenters. The summed E-state index contributed by atoms with van der Waals surface area (Å²) in [6.07, 6.45) is 2.62. The van der Waals surface area contributed by atoms with Gasteiger partial charge >= 0.3 is 6.09 Å². The van der Waals surface area contributed by atoms with Crippen molar-refractivity contribution in [2.24, 2.45) is 0 Å². The fraction of sp³-hybridized carbons (Fsp3) is 0.409. The van der Waals surface area contributed by atoms with E-state index in [0.717, 1.165) is 35.0 Å². The minimum atomic E-state index is -0.264. The Morgan fingerprint density at radius 2 is 2.00 bits per heavy atom. The van der Waals surface area contributed by atoms with Gasteiger partial charge in [-0.2, -0.15) is 0 Å². The average Bonchev–Trinajstić information content (AvgIpc) is 2.65. The zero-order valence-corrected chi connectivity index (χ0v) is 17.3. The number of amides is 1. The molecule has 0 bridgehead atoms. The number of nitrogens with zero attached hydrogens (tertiary/aromatic N) is 1. The molecule has 0 aromatic heterocycles. The van der Waals surface area contributed by atoms with Crippen LogP contribution >= 0.6 is 15.9 Å². The molecule has 0 spiro atoms. The summed E-state index contributed by atoms with van der Waals surface area (Å²) in [5, 5.41) is 0. The smallest absolute Gasteiger partial charge is 0.414 e. The summed E-state index contributed by atoms with van der Waals surface area (Å²) in [6.45, 7) is 6.81. The fourth-order valence-electron chi connectivity index (χ4n) is 3.52. The van der Waals surface area contributed by atoms with Crippen LogP contribution in [0, 0.1) is 0 Å². The molecule has 0 saturated carbocycles. The molecule has 1 heterocycles. The Balaban J connectivity index is 1.88. The molecule has 138 valence electrons. The van der Waals surface area contributed by atoms with E-state index in [0.29, 0.717) is 12.5 Å². The van der Waals surface area contributed by atoms with Gasteiger partial charge in [-0.25, -0.2) is 4.79 Å². The van der Waals surface area contributed by atoms with E-state index in [1.807, 2.05) is 35.2 Å². The highest BCUT2D eigenvalue weighted by molar-refractivity contribution is 9.10. The van der Waals surface area contributed by atoms with Crippen LogP contribution < -0.4 is 4.90 Å². The first-order valence-electron chi connectivity index (χ1n) is 9.33. The Hall–Kier alpha value is -1.81. The van der Waals surface area contributed by atoms with Crippen molar-refractivity contribution in [2.75, 3.05) is 4.90 Å². The number of fused-ring (bicyclic) bond motifs is 1. The molecule has 1 unspecified atom stereocenters. The van der Waals surface area contributed by atoms with Crippen molar-refractivity contribution in [3.8, 4) is 0 Å². The Labute approximate surface area is 164 Å². The molecule has 2 aromatic carbocycles. The highest BCUT2D eigenvalue weighted by Crippen LogP contribution is 2.40. The number of carbonyl (C=O) groups excluding carboxylic acids is 1. The first-order valence-corrected chi connectivity index (χ1v) is 10.1. The van der Waals surface area contributed by atoms with Gasteiger partial charge in [-0.3, -0.25) is 4.90 Å². The van der Waals surface area contributed by atoms with E-state index in [-0.39, 0.29) is 12.1 Å². The summed E-state index contributed by atoms with van der Waals surface area (Å²) < 4.78 is 6.64. The summed E-state index contributed by atoms with van der Waals surface area (Å²) in [6, 6.07) is 14.4. The van der Waals surface area contributed by atoms with Crippen LogP contribution in [-0.2, 0) is 17.8 Å². The predicted molar refractivity (Wildman–Crippen MR) is 110 cm³/mol. The molecular weight excluding hydrogens is 390 g/mol. The molecule has 0 saturated heterocycles. The van der Waals surface area contributed by atoms with Crippen LogP contribution in [0.1, 0.15) is 56.2 Å². The van der Waals surface area contributed by atoms with Crippen molar-refractivity contribution in [3.63, 3.8) is 0 Å². The summed E-state index contributed by atoms with van der Waals surface area (Å²) >= 11 is 3.71. The molecule has 3 nitrogen and oxygen atoms in total. The van der Waals surface area contributed by atoms with Crippen LogP contribution in [0.25, 0.3) is 0 Å². The predicted octanol–water partition coefficient (Wildman–Crippen LogP) is 6.44. The van der Waals surface area contributed by atoms with Crippen LogP contribution in [0.3, 0.4) is 0 Å². The molecule has 4 heteroatoms. The number of hydrogen-bond acceptors (Lipinski definition) is 2. The molecule has 1 aliphatic heterocycles. The van der Waals surface area contributed by atoms with E-state index in [1.165, 1.54) is 11.1 Å². The molecule has 2 aromatic rings. The van der Waals surface area contributed by atoms with Crippen molar-refractivity contribution in [2.45, 2.75) is 58.6 Å². The molecule has 0 fully saturated rings. The maximum atomic E-state index is 13.0. The maximum Gasteiger partial charge on any atom is 0.414 e. The summed E-state index contributed by atoms with van der Waals surface area (Å²) in [5.74, 6) is 0.457. The number of halogens is 1. The van der Waals surface area contributed by atoms with E-state index >= 15 is 0 Å². The van der Waals surface area contributed by atoms with Crippen molar-refractivity contribution < 1.29 is 9.53 Å². The second-order valence-electron chi connectivity index (χ2n) is 7.18. The van der Waals surface area contributed by atoms with Crippen molar-refractivity contribution >= 4 is 27.7 Å². The third-order valence-corrected chi connectivity index (χ3v) is 5.66. The second-order valence-corrected chi connectivity index (χ2v) is 8.03. The van der Waals surface area contributed by atoms with Crippen molar-refractivity contribution in [1.29, 1.82) is 0 Å². The SMILES string of the molecule is CCC1CCc2cc(C(C)C)cc(Br)c2N1C(=O)OCc1ccccc1. The number of anilines is 1. The number of carbonyl (C=O) groups is 1. The summed E-state index contributed by atoms with van der Waals surface area (Å²) in [4.78, 5) is 14.8. The van der Waals surface area contributed by atoms with E-state index in [2.05, 4.69) is 48.8 Å². The highest BCUT2D eigenvalue weighted by atomic mass is 79.9. The normalized spacial score (nSPS) is 16.5. The second kappa shape index (κ2) is 8.26. The number of aryl methyl sites for hydroxylation is 1. The zero-order chi connectivity index (χ0) is 18.7. The van der Waals surface area contributed by atoms with Gasteiger partial charge in [0.25, 0.3) is 0 Å². The minimum Gasteiger partial charge on any atom is -0.444 e. The minimum absolute atomic E-state index is 0.173. The third kappa shape index (κ3) is 3.96. The van der Waals surface area contributed by atoms with Gasteiger partial charge in [-0.1, -0.05) is 57.2 Å². The Morgan fingerprint density at radius 3 is 2.65 bits per heavy atom. The van der Waals surface area contributed by atoms with Gasteiger partial charge in [0.05, 0.1) is 5.69 Å². The lowest BCUT2D eigenvalue weighted by Crippen LogP contribution is -2.44. The van der Waals surface area contributed by atoms with Crippen LogP contribution in [0.15, 0.2) is 46.9 Å². The zero-order valence-electron chi connectivity index (χ0n) is 15.7. The largest absolute Gasteiger partial charge is 0.444 e. The average molecular weight is 416 g/mol. The number of hydrogen-bond donors (Lipinski definition) is 0. The summed E-state index contributed by atoms with van der Waals surface area (Å²) in [5.41, 5.74) is 4.50. The monoisotopic (exact) mass is 415 g/mol. The lowest BCUT2D eigenvalue weighted by Gasteiger charge is -2.37. The van der Waals surface area contributed by atoms with Crippen LogP contribution in [-0.4, -0.2) is 12.1 Å². The molecular formula is C22H26BrNO2. The van der Waals surface area contributed by atoms with Gasteiger partial charge in [0.1, 0.15) is 6.61 Å². The quantitative estimate of drug-likeness (QED) is 0.574. The Kier molecular flexibility index (Phi) is 6.02. The first kappa shape index (κ1) is 19.0. The highest BCUT2D eigenvalue weighted by Gasteiger charge is 2.33. The molecule has 1 amide bonds. The third-order valence-electron chi connectivity index (χ3n) is 5.06. The van der Waals surface area contributed by atoms with E-state index in [4.69, 9.17) is 4.74 Å². The van der Waals surface area contributed by atoms with Crippen molar-refractivity contribution in [3.05, 3.63) is 63.6 Å². The van der Waals surface area contributed by atoms with Crippen LogP contribution in [0.5, 0.6) is 0 Å². The van der Waals surface area contributed by atoms with Gasteiger partial charge < -0.3 is 4.74 Å². The summed E-state index contributed by atoms with van der Waals surface area (Å²) in [7, 11) is 0. The molecule has 3 rings (SSSR count). The Bertz CT molecular complexity index is 773. The first-order chi connectivity index (χ1) is 12.5. The topological polar surface area (TPSA) is 29.5 Å². The number of ether oxygens (including phenoxy) is 1. The van der Waals surface area contributed by atoms with Crippen LogP contribution in [0.4, 0.5) is 10.5 Å². The fourth-order valence-corrected chi connectivity index (χ4v) is 4.23. The van der Waals surface area contributed by atoms with E-state index in [1.54, 1.807) is 0 Å². The number of rotatable bonds is 4. The Morgan fingerprint density at radius 1 is 1.27 bits per heavy atom. The van der Waals surface area contributed by atoms with Crippen molar-refractivity contribution in [1.82, 2.24) is 0 Å². The van der Waals surface area contributed by atoms with Crippen LogP contribution in [0.2, 0.25) is 0 Å². The number of benzene rings is 2. The lowest BCUT2D eigenvalue weighted by atomic mass is 9.91. The molecule has 0 radical (unpaired) electrons. The van der Waals surface area contributed by atoms with Gasteiger partial charge in [0.15, 0.2) is 0 Å². The van der Waals surface area contributed by atoms with E-state index < -0.39 is 0 Å². The van der Waals surface area contributed by atoms with Gasteiger partial charge in [0, 0.05) is 10.5 Å². The lowest BCUT2D eigenvalue weighted by molar-refractivity contribution is 0.143. The van der Waals surface area contributed by atoms with Gasteiger partial charge in [-0.15, -0.1) is 0 Å². The molecule has 26 heavy (non-hydrogen) atoms. The molecule has 1 aliphatic rings. The van der Waals surface area contributed by atoms with Gasteiger partial charge in [-0.05, 0) is 63.9 Å². The standard InChI is InChI=1S/C22H26BrNO2/c1-4-19-11-10-17-12-18(15(2)3)13-20(23)21(17)24(19)22(25)26-14-16-8-6-5-7-9-16/h5-9,12-13,15,19H,4,10-11,14H2,1-3H3. The molecule has 0 aliphatic carbocycles. The van der Waals surface area contributed by atoms with E-state index in [9.17, 15) is 4.79 Å².